The molecular weight excluding hydrogens is 188 g/mol. The summed E-state index contributed by atoms with van der Waals surface area (Å²) < 4.78 is 0. The molecule has 1 aromatic rings. The number of aliphatic carboxylic acids is 1. The molecule has 1 atom stereocenters. The number of aryl methyl sites for hydroxylation is 1. The Morgan fingerprint density at radius 2 is 2.54 bits per heavy atom. The lowest BCUT2D eigenvalue weighted by Crippen LogP contribution is -2.28. The number of hydrogen-bond acceptors (Lipinski definition) is 4. The Hall–Kier alpha value is -0.940. The predicted octanol–water partition coefficient (Wildman–Crippen LogP) is 1.19. The molecule has 5 heteroatoms. The first-order chi connectivity index (χ1) is 6.15. The zero-order chi connectivity index (χ0) is 9.84. The van der Waals surface area contributed by atoms with Crippen LogP contribution in [0.2, 0.25) is 0 Å². The van der Waals surface area contributed by atoms with E-state index in [0.29, 0.717) is 12.2 Å². The van der Waals surface area contributed by atoms with Crippen molar-refractivity contribution in [1.82, 2.24) is 10.3 Å². The molecule has 4 nitrogen and oxygen atoms in total. The minimum absolute atomic E-state index is 0.594. The van der Waals surface area contributed by atoms with Gasteiger partial charge in [-0.2, -0.15) is 0 Å². The quantitative estimate of drug-likeness (QED) is 0.766. The van der Waals surface area contributed by atoms with Crippen molar-refractivity contribution in [1.29, 1.82) is 0 Å². The smallest absolute Gasteiger partial charge is 0.327 e. The summed E-state index contributed by atoms with van der Waals surface area (Å²) in [5.41, 5.74) is 0.594. The van der Waals surface area contributed by atoms with Crippen LogP contribution in [0.3, 0.4) is 0 Å². The molecule has 0 amide bonds. The van der Waals surface area contributed by atoms with E-state index in [1.165, 1.54) is 11.3 Å². The molecule has 0 saturated carbocycles. The highest BCUT2D eigenvalue weighted by Gasteiger charge is 2.20. The zero-order valence-corrected chi connectivity index (χ0v) is 8.39. The van der Waals surface area contributed by atoms with Crippen molar-refractivity contribution in [3.05, 3.63) is 16.1 Å². The van der Waals surface area contributed by atoms with Crippen LogP contribution in [-0.4, -0.2) is 22.6 Å². The molecule has 0 bridgehead atoms. The maximum Gasteiger partial charge on any atom is 0.327 e. The topological polar surface area (TPSA) is 62.2 Å². The number of thiazole rings is 1. The Labute approximate surface area is 80.6 Å². The van der Waals surface area contributed by atoms with E-state index in [2.05, 4.69) is 10.3 Å². The minimum Gasteiger partial charge on any atom is -0.480 e. The third-order valence-electron chi connectivity index (χ3n) is 1.59. The summed E-state index contributed by atoms with van der Waals surface area (Å²) in [6, 6.07) is -0.671. The van der Waals surface area contributed by atoms with Crippen LogP contribution in [0.1, 0.15) is 23.7 Å². The van der Waals surface area contributed by atoms with E-state index in [-0.39, 0.29) is 0 Å². The van der Waals surface area contributed by atoms with Gasteiger partial charge in [0, 0.05) is 5.38 Å². The molecule has 0 radical (unpaired) electrons. The highest BCUT2D eigenvalue weighted by molar-refractivity contribution is 7.09. The van der Waals surface area contributed by atoms with E-state index in [9.17, 15) is 4.79 Å². The first kappa shape index (κ1) is 10.1. The van der Waals surface area contributed by atoms with Gasteiger partial charge in [-0.25, -0.2) is 4.98 Å². The predicted molar refractivity (Wildman–Crippen MR) is 50.9 cm³/mol. The molecule has 0 aliphatic heterocycles. The number of hydrogen-bond donors (Lipinski definition) is 2. The number of carbonyl (C=O) groups is 1. The number of likely N-dealkylation sites (N-methyl/N-ethyl adjacent to an activating group) is 1. The fourth-order valence-electron chi connectivity index (χ4n) is 1.04. The number of rotatable bonds is 4. The Morgan fingerprint density at radius 1 is 1.85 bits per heavy atom. The monoisotopic (exact) mass is 200 g/mol. The summed E-state index contributed by atoms with van der Waals surface area (Å²) in [5, 5.41) is 14.4. The van der Waals surface area contributed by atoms with Crippen LogP contribution >= 0.6 is 11.3 Å². The fourth-order valence-corrected chi connectivity index (χ4v) is 1.67. The number of nitrogens with zero attached hydrogens (tertiary/aromatic N) is 1. The van der Waals surface area contributed by atoms with Crippen LogP contribution in [0.15, 0.2) is 5.38 Å². The molecule has 2 N–H and O–H groups in total. The van der Waals surface area contributed by atoms with Gasteiger partial charge in [-0.3, -0.25) is 10.1 Å². The van der Waals surface area contributed by atoms with E-state index in [1.807, 2.05) is 13.8 Å². The molecule has 0 saturated heterocycles. The van der Waals surface area contributed by atoms with Gasteiger partial charge in [-0.05, 0) is 13.5 Å². The second kappa shape index (κ2) is 4.34. The maximum atomic E-state index is 10.8. The largest absolute Gasteiger partial charge is 0.480 e. The van der Waals surface area contributed by atoms with Crippen molar-refractivity contribution in [2.24, 2.45) is 0 Å². The Morgan fingerprint density at radius 3 is 2.92 bits per heavy atom. The second-order valence-corrected chi connectivity index (χ2v) is 3.68. The molecule has 0 aromatic carbocycles. The van der Waals surface area contributed by atoms with Crippen molar-refractivity contribution in [2.75, 3.05) is 6.54 Å². The van der Waals surface area contributed by atoms with Gasteiger partial charge in [-0.1, -0.05) is 6.92 Å². The van der Waals surface area contributed by atoms with Gasteiger partial charge in [0.15, 0.2) is 0 Å². The van der Waals surface area contributed by atoms with Crippen LogP contribution in [0.4, 0.5) is 0 Å². The van der Waals surface area contributed by atoms with Crippen molar-refractivity contribution >= 4 is 17.3 Å². The van der Waals surface area contributed by atoms with Crippen LogP contribution in [-0.2, 0) is 4.79 Å². The van der Waals surface area contributed by atoms with Gasteiger partial charge < -0.3 is 5.11 Å². The summed E-state index contributed by atoms with van der Waals surface area (Å²) >= 11 is 1.46. The second-order valence-electron chi connectivity index (χ2n) is 2.62. The van der Waals surface area contributed by atoms with E-state index in [0.717, 1.165) is 5.01 Å². The molecule has 1 unspecified atom stereocenters. The zero-order valence-electron chi connectivity index (χ0n) is 7.57. The van der Waals surface area contributed by atoms with Crippen molar-refractivity contribution in [3.63, 3.8) is 0 Å². The molecule has 1 heterocycles. The average molecular weight is 200 g/mol. The molecular formula is C8H12N2O2S. The lowest BCUT2D eigenvalue weighted by atomic mass is 10.2. The van der Waals surface area contributed by atoms with E-state index >= 15 is 0 Å². The van der Waals surface area contributed by atoms with E-state index in [4.69, 9.17) is 5.11 Å². The molecule has 72 valence electrons. The van der Waals surface area contributed by atoms with Crippen LogP contribution < -0.4 is 5.32 Å². The summed E-state index contributed by atoms with van der Waals surface area (Å²) in [5.74, 6) is -0.882. The summed E-state index contributed by atoms with van der Waals surface area (Å²) in [4.78, 5) is 14.9. The molecule has 0 fully saturated rings. The van der Waals surface area contributed by atoms with Gasteiger partial charge in [-0.15, -0.1) is 11.3 Å². The van der Waals surface area contributed by atoms with Crippen LogP contribution in [0.5, 0.6) is 0 Å². The number of carboxylic acids is 1. The fraction of sp³-hybridized carbons (Fsp3) is 0.500. The van der Waals surface area contributed by atoms with Crippen molar-refractivity contribution in [2.45, 2.75) is 19.9 Å². The first-order valence-corrected chi connectivity index (χ1v) is 4.91. The molecule has 0 aliphatic rings. The summed E-state index contributed by atoms with van der Waals surface area (Å²) in [6.45, 7) is 4.35. The average Bonchev–Trinajstić information content (AvgIpc) is 2.46. The maximum absolute atomic E-state index is 10.8. The Bertz CT molecular complexity index is 298. The summed E-state index contributed by atoms with van der Waals surface area (Å²) in [7, 11) is 0. The Kier molecular flexibility index (Phi) is 3.39. The van der Waals surface area contributed by atoms with Crippen molar-refractivity contribution in [3.8, 4) is 0 Å². The molecule has 0 aliphatic carbocycles. The first-order valence-electron chi connectivity index (χ1n) is 4.03. The standard InChI is InChI=1S/C8H12N2O2S/c1-3-9-7(8(11)12)6-4-13-5(2)10-6/h4,7,9H,3H2,1-2H3,(H,11,12). The highest BCUT2D eigenvalue weighted by Crippen LogP contribution is 2.16. The molecule has 13 heavy (non-hydrogen) atoms. The van der Waals surface area contributed by atoms with Gasteiger partial charge in [0.2, 0.25) is 0 Å². The van der Waals surface area contributed by atoms with Crippen LogP contribution in [0.25, 0.3) is 0 Å². The number of nitrogens with one attached hydrogen (secondary N) is 1. The third kappa shape index (κ3) is 2.50. The molecule has 0 spiro atoms. The highest BCUT2D eigenvalue weighted by atomic mass is 32.1. The van der Waals surface area contributed by atoms with Gasteiger partial charge in [0.1, 0.15) is 6.04 Å². The lowest BCUT2D eigenvalue weighted by molar-refractivity contribution is -0.139. The number of carboxylic acid groups (broad SMARTS) is 1. The lowest BCUT2D eigenvalue weighted by Gasteiger charge is -2.09. The SMILES string of the molecule is CCNC(C(=O)O)c1csc(C)n1. The number of aromatic nitrogens is 1. The van der Waals surface area contributed by atoms with Crippen molar-refractivity contribution < 1.29 is 9.90 Å². The Balaban J connectivity index is 2.81. The van der Waals surface area contributed by atoms with E-state index in [1.54, 1.807) is 5.38 Å². The van der Waals surface area contributed by atoms with Gasteiger partial charge in [0.05, 0.1) is 10.7 Å². The van der Waals surface area contributed by atoms with Crippen LogP contribution in [0, 0.1) is 6.92 Å². The normalized spacial score (nSPS) is 12.8. The van der Waals surface area contributed by atoms with Gasteiger partial charge in [0.25, 0.3) is 0 Å². The summed E-state index contributed by atoms with van der Waals surface area (Å²) in [6.07, 6.45) is 0. The van der Waals surface area contributed by atoms with Gasteiger partial charge >= 0.3 is 5.97 Å². The third-order valence-corrected chi connectivity index (χ3v) is 2.38. The minimum atomic E-state index is -0.882. The van der Waals surface area contributed by atoms with E-state index < -0.39 is 12.0 Å². The molecule has 1 aromatic heterocycles. The molecule has 1 rings (SSSR count).